The average Bonchev–Trinajstić information content (AvgIpc) is 3.19. The van der Waals surface area contributed by atoms with Crippen molar-refractivity contribution in [3.05, 3.63) is 59.4 Å². The van der Waals surface area contributed by atoms with Gasteiger partial charge in [-0.2, -0.15) is 5.10 Å². The topological polar surface area (TPSA) is 68.0 Å². The van der Waals surface area contributed by atoms with Crippen molar-refractivity contribution in [1.82, 2.24) is 10.4 Å². The molecular weight excluding hydrogens is 328 g/mol. The molecule has 1 aromatic heterocycles. The first-order valence-corrected chi connectivity index (χ1v) is 8.93. The van der Waals surface area contributed by atoms with Crippen molar-refractivity contribution in [3.63, 3.8) is 0 Å². The maximum Gasteiger partial charge on any atom is 0.272 e. The molecule has 1 amide bonds. The van der Waals surface area contributed by atoms with Gasteiger partial charge >= 0.3 is 0 Å². The zero-order valence-electron chi connectivity index (χ0n) is 15.3. The van der Waals surface area contributed by atoms with Crippen LogP contribution < -0.4 is 15.1 Å². The lowest BCUT2D eigenvalue weighted by molar-refractivity contribution is -0.901. The van der Waals surface area contributed by atoms with E-state index in [-0.39, 0.29) is 5.91 Å². The van der Waals surface area contributed by atoms with Crippen LogP contribution in [-0.2, 0) is 6.54 Å². The third-order valence-electron chi connectivity index (χ3n) is 4.70. The summed E-state index contributed by atoms with van der Waals surface area (Å²) in [4.78, 5) is 17.6. The Labute approximate surface area is 153 Å². The van der Waals surface area contributed by atoms with Crippen molar-refractivity contribution in [1.29, 1.82) is 0 Å². The molecule has 2 aromatic rings. The Morgan fingerprint density at radius 3 is 2.77 bits per heavy atom. The van der Waals surface area contributed by atoms with Crippen LogP contribution in [0, 0.1) is 0 Å². The van der Waals surface area contributed by atoms with E-state index in [1.54, 1.807) is 30.3 Å². The monoisotopic (exact) mass is 353 g/mol. The van der Waals surface area contributed by atoms with Crippen LogP contribution in [0.25, 0.3) is 0 Å². The Hall–Kier alpha value is -2.73. The minimum Gasteiger partial charge on any atom is -0.496 e. The smallest absolute Gasteiger partial charge is 0.272 e. The summed E-state index contributed by atoms with van der Waals surface area (Å²) in [5.74, 6) is 0.632. The number of nitrogens with zero attached hydrogens (tertiary/aromatic N) is 2. The summed E-state index contributed by atoms with van der Waals surface area (Å²) in [6.45, 7) is 5.26. The number of quaternary nitrogens is 1. The first-order valence-electron chi connectivity index (χ1n) is 8.93. The maximum absolute atomic E-state index is 12.1. The summed E-state index contributed by atoms with van der Waals surface area (Å²) in [5, 5.41) is 4.24. The van der Waals surface area contributed by atoms with Crippen LogP contribution in [0.15, 0.2) is 47.8 Å². The zero-order chi connectivity index (χ0) is 18.4. The Balaban J connectivity index is 1.73. The third kappa shape index (κ3) is 4.46. The minimum atomic E-state index is -0.271. The van der Waals surface area contributed by atoms with Crippen molar-refractivity contribution in [3.8, 4) is 5.75 Å². The Bertz CT molecular complexity index is 784. The largest absolute Gasteiger partial charge is 0.496 e. The second-order valence-electron chi connectivity index (χ2n) is 6.54. The lowest BCUT2D eigenvalue weighted by Gasteiger charge is -2.15. The molecular formula is C20H25N4O2+. The molecule has 0 aliphatic carbocycles. The standard InChI is InChI=1S/C20H24N4O2/c1-15(22-23-20(25)17-6-5-9-21-13-17)16-7-8-19(26-2)18(12-16)14-24-10-3-4-11-24/h5-9,12-13H,3-4,10-11,14H2,1-2H3,(H,23,25)/p+1/b22-15-. The summed E-state index contributed by atoms with van der Waals surface area (Å²) < 4.78 is 5.52. The van der Waals surface area contributed by atoms with E-state index in [0.717, 1.165) is 23.6 Å². The molecule has 0 atom stereocenters. The number of benzene rings is 1. The van der Waals surface area contributed by atoms with Crippen molar-refractivity contribution in [2.24, 2.45) is 5.10 Å². The van der Waals surface area contributed by atoms with E-state index in [9.17, 15) is 4.79 Å². The molecule has 1 saturated heterocycles. The first-order chi connectivity index (χ1) is 12.7. The minimum absolute atomic E-state index is 0.271. The van der Waals surface area contributed by atoms with E-state index in [1.807, 2.05) is 19.1 Å². The molecule has 6 nitrogen and oxygen atoms in total. The Morgan fingerprint density at radius 2 is 2.08 bits per heavy atom. The molecule has 26 heavy (non-hydrogen) atoms. The van der Waals surface area contributed by atoms with Crippen molar-refractivity contribution in [2.45, 2.75) is 26.3 Å². The fourth-order valence-corrected chi connectivity index (χ4v) is 3.22. The molecule has 0 bridgehead atoms. The second-order valence-corrected chi connectivity index (χ2v) is 6.54. The Kier molecular flexibility index (Phi) is 5.96. The predicted octanol–water partition coefficient (Wildman–Crippen LogP) is 1.42. The highest BCUT2D eigenvalue weighted by atomic mass is 16.5. The third-order valence-corrected chi connectivity index (χ3v) is 4.70. The number of methoxy groups -OCH3 is 1. The molecule has 136 valence electrons. The number of hydrogen-bond acceptors (Lipinski definition) is 4. The highest BCUT2D eigenvalue weighted by molar-refractivity contribution is 6.01. The van der Waals surface area contributed by atoms with Gasteiger partial charge in [-0.05, 0) is 42.8 Å². The van der Waals surface area contributed by atoms with Crippen LogP contribution >= 0.6 is 0 Å². The molecule has 1 aromatic carbocycles. The molecule has 6 heteroatoms. The van der Waals surface area contributed by atoms with Crippen LogP contribution in [-0.4, -0.2) is 36.8 Å². The number of carbonyl (C=O) groups is 1. The van der Waals surface area contributed by atoms with Crippen LogP contribution in [0.5, 0.6) is 5.75 Å². The van der Waals surface area contributed by atoms with E-state index >= 15 is 0 Å². The fraction of sp³-hybridized carbons (Fsp3) is 0.350. The molecule has 3 rings (SSSR count). The van der Waals surface area contributed by atoms with Gasteiger partial charge in [-0.1, -0.05) is 0 Å². The van der Waals surface area contributed by atoms with Gasteiger partial charge in [-0.15, -0.1) is 0 Å². The maximum atomic E-state index is 12.1. The van der Waals surface area contributed by atoms with Gasteiger partial charge in [-0.25, -0.2) is 5.43 Å². The summed E-state index contributed by atoms with van der Waals surface area (Å²) in [5.41, 5.74) is 5.98. The molecule has 2 N–H and O–H groups in total. The number of amides is 1. The molecule has 2 heterocycles. The first kappa shape index (κ1) is 18.1. The lowest BCUT2D eigenvalue weighted by atomic mass is 10.1. The number of nitrogens with one attached hydrogen (secondary N) is 2. The van der Waals surface area contributed by atoms with Crippen molar-refractivity contribution in [2.75, 3.05) is 20.2 Å². The van der Waals surface area contributed by atoms with Crippen molar-refractivity contribution >= 4 is 11.6 Å². The van der Waals surface area contributed by atoms with Gasteiger partial charge in [-0.3, -0.25) is 9.78 Å². The summed E-state index contributed by atoms with van der Waals surface area (Å²) >= 11 is 0. The molecule has 0 radical (unpaired) electrons. The molecule has 1 aliphatic heterocycles. The van der Waals surface area contributed by atoms with E-state index in [0.29, 0.717) is 5.56 Å². The number of hydrazone groups is 1. The highest BCUT2D eigenvalue weighted by Gasteiger charge is 2.18. The molecule has 1 fully saturated rings. The van der Waals surface area contributed by atoms with Gasteiger partial charge in [0.15, 0.2) is 0 Å². The van der Waals surface area contributed by atoms with Crippen LogP contribution in [0.1, 0.15) is 41.3 Å². The van der Waals surface area contributed by atoms with Gasteiger partial charge in [0.25, 0.3) is 5.91 Å². The Morgan fingerprint density at radius 1 is 1.27 bits per heavy atom. The normalized spacial score (nSPS) is 15.1. The van der Waals surface area contributed by atoms with Gasteiger partial charge < -0.3 is 9.64 Å². The SMILES string of the molecule is COc1ccc(/C(C)=N\NC(=O)c2cccnc2)cc1C[NH+]1CCCC1. The van der Waals surface area contributed by atoms with Crippen LogP contribution in [0.2, 0.25) is 0 Å². The van der Waals surface area contributed by atoms with E-state index < -0.39 is 0 Å². The van der Waals surface area contributed by atoms with E-state index in [4.69, 9.17) is 4.74 Å². The van der Waals surface area contributed by atoms with Crippen molar-refractivity contribution < 1.29 is 14.4 Å². The zero-order valence-corrected chi connectivity index (χ0v) is 15.3. The number of ether oxygens (including phenoxy) is 1. The highest BCUT2D eigenvalue weighted by Crippen LogP contribution is 2.20. The number of rotatable bonds is 6. The summed E-state index contributed by atoms with van der Waals surface area (Å²) in [7, 11) is 1.70. The number of hydrogen-bond donors (Lipinski definition) is 2. The van der Waals surface area contributed by atoms with Gasteiger partial charge in [0.1, 0.15) is 12.3 Å². The number of likely N-dealkylation sites (tertiary alicyclic amines) is 1. The van der Waals surface area contributed by atoms with Gasteiger partial charge in [0.05, 0.1) is 31.5 Å². The molecule has 0 unspecified atom stereocenters. The van der Waals surface area contributed by atoms with E-state index in [1.165, 1.54) is 37.7 Å². The van der Waals surface area contributed by atoms with Gasteiger partial charge in [0.2, 0.25) is 0 Å². The number of aromatic nitrogens is 1. The number of carbonyl (C=O) groups excluding carboxylic acids is 1. The fourth-order valence-electron chi connectivity index (χ4n) is 3.22. The molecule has 0 spiro atoms. The second kappa shape index (κ2) is 8.58. The predicted molar refractivity (Wildman–Crippen MR) is 101 cm³/mol. The number of pyridine rings is 1. The quantitative estimate of drug-likeness (QED) is 0.610. The molecule has 0 saturated carbocycles. The molecule has 1 aliphatic rings. The van der Waals surface area contributed by atoms with Gasteiger partial charge in [0, 0.05) is 30.8 Å². The lowest BCUT2D eigenvalue weighted by Crippen LogP contribution is -3.08. The summed E-state index contributed by atoms with van der Waals surface area (Å²) in [6.07, 6.45) is 5.73. The van der Waals surface area contributed by atoms with E-state index in [2.05, 4.69) is 21.6 Å². The van der Waals surface area contributed by atoms with Crippen LogP contribution in [0.3, 0.4) is 0 Å². The average molecular weight is 353 g/mol. The summed E-state index contributed by atoms with van der Waals surface area (Å²) in [6, 6.07) is 9.48. The van der Waals surface area contributed by atoms with Crippen LogP contribution in [0.4, 0.5) is 0 Å².